The number of anilines is 1. The summed E-state index contributed by atoms with van der Waals surface area (Å²) in [6, 6.07) is 4.39. The second-order valence-corrected chi connectivity index (χ2v) is 4.29. The van der Waals surface area contributed by atoms with Gasteiger partial charge in [-0.25, -0.2) is 4.90 Å². The first-order valence-electron chi connectivity index (χ1n) is 4.50. The van der Waals surface area contributed by atoms with Crippen LogP contribution < -0.4 is 4.90 Å². The van der Waals surface area contributed by atoms with Crippen LogP contribution >= 0.6 is 23.2 Å². The number of nitrogens with zero attached hydrogens (tertiary/aromatic N) is 1. The van der Waals surface area contributed by atoms with Gasteiger partial charge in [-0.15, -0.1) is 0 Å². The third kappa shape index (κ3) is 1.91. The molecule has 1 aliphatic heterocycles. The van der Waals surface area contributed by atoms with Gasteiger partial charge in [0.15, 0.2) is 0 Å². The Hall–Kier alpha value is -1.10. The average molecular weight is 260 g/mol. The lowest BCUT2D eigenvalue weighted by Crippen LogP contribution is -2.31. The fourth-order valence-electron chi connectivity index (χ4n) is 1.56. The van der Waals surface area contributed by atoms with Crippen LogP contribution in [0.5, 0.6) is 0 Å². The maximum Gasteiger partial charge on any atom is 0.263 e. The van der Waals surface area contributed by atoms with Crippen molar-refractivity contribution in [2.24, 2.45) is 0 Å². The van der Waals surface area contributed by atoms with Crippen LogP contribution in [0, 0.1) is 0 Å². The Morgan fingerprint density at radius 3 is 2.19 bits per heavy atom. The van der Waals surface area contributed by atoms with E-state index in [1.165, 1.54) is 18.2 Å². The highest BCUT2D eigenvalue weighted by molar-refractivity contribution is 6.35. The van der Waals surface area contributed by atoms with Crippen LogP contribution in [0.2, 0.25) is 10.0 Å². The molecular formula is C10H7Cl2NO3. The molecule has 1 atom stereocenters. The van der Waals surface area contributed by atoms with Crippen molar-refractivity contribution in [2.45, 2.75) is 12.5 Å². The van der Waals surface area contributed by atoms with Crippen LogP contribution in [0.25, 0.3) is 0 Å². The Kier molecular flexibility index (Phi) is 2.88. The molecule has 0 saturated carbocycles. The second kappa shape index (κ2) is 4.05. The van der Waals surface area contributed by atoms with E-state index < -0.39 is 17.9 Å². The van der Waals surface area contributed by atoms with Crippen molar-refractivity contribution >= 4 is 40.7 Å². The molecule has 1 aromatic rings. The number of hydrogen-bond donors (Lipinski definition) is 1. The summed E-state index contributed by atoms with van der Waals surface area (Å²) in [6.45, 7) is 0. The molecule has 1 unspecified atom stereocenters. The number of rotatable bonds is 1. The molecule has 2 amide bonds. The number of benzene rings is 1. The summed E-state index contributed by atoms with van der Waals surface area (Å²) >= 11 is 11.5. The summed E-state index contributed by atoms with van der Waals surface area (Å²) in [6.07, 6.45) is -1.48. The van der Waals surface area contributed by atoms with Crippen molar-refractivity contribution in [1.82, 2.24) is 0 Å². The summed E-state index contributed by atoms with van der Waals surface area (Å²) in [7, 11) is 0. The molecule has 16 heavy (non-hydrogen) atoms. The number of amides is 2. The minimum Gasteiger partial charge on any atom is -0.383 e. The normalized spacial score (nSPS) is 20.7. The van der Waals surface area contributed by atoms with Crippen LogP contribution in [-0.4, -0.2) is 23.0 Å². The number of aliphatic hydroxyl groups excluding tert-OH is 1. The summed E-state index contributed by atoms with van der Waals surface area (Å²) in [5.41, 5.74) is 0.282. The predicted octanol–water partition coefficient (Wildman–Crippen LogP) is 1.62. The van der Waals surface area contributed by atoms with Gasteiger partial charge in [0.1, 0.15) is 6.10 Å². The zero-order valence-corrected chi connectivity index (χ0v) is 9.50. The van der Waals surface area contributed by atoms with E-state index in [4.69, 9.17) is 23.2 Å². The van der Waals surface area contributed by atoms with E-state index in [1.54, 1.807) is 0 Å². The summed E-state index contributed by atoms with van der Waals surface area (Å²) < 4.78 is 0. The van der Waals surface area contributed by atoms with E-state index in [2.05, 4.69) is 0 Å². The number of imide groups is 1. The second-order valence-electron chi connectivity index (χ2n) is 3.41. The molecule has 1 fully saturated rings. The summed E-state index contributed by atoms with van der Waals surface area (Å²) in [5, 5.41) is 9.91. The number of carbonyl (C=O) groups is 2. The van der Waals surface area contributed by atoms with Gasteiger partial charge in [-0.1, -0.05) is 23.2 Å². The molecule has 0 aromatic heterocycles. The number of carbonyl (C=O) groups excluding carboxylic acids is 2. The monoisotopic (exact) mass is 259 g/mol. The van der Waals surface area contributed by atoms with Gasteiger partial charge < -0.3 is 5.11 Å². The molecule has 0 radical (unpaired) electrons. The highest BCUT2D eigenvalue weighted by Gasteiger charge is 2.38. The van der Waals surface area contributed by atoms with Crippen LogP contribution in [0.1, 0.15) is 6.42 Å². The summed E-state index contributed by atoms with van der Waals surface area (Å²) in [4.78, 5) is 23.9. The highest BCUT2D eigenvalue weighted by atomic mass is 35.5. The maximum atomic E-state index is 11.5. The van der Waals surface area contributed by atoms with Crippen LogP contribution in [0.3, 0.4) is 0 Å². The lowest BCUT2D eigenvalue weighted by atomic mass is 10.3. The molecule has 4 nitrogen and oxygen atoms in total. The Bertz CT molecular complexity index is 455. The Morgan fingerprint density at radius 1 is 1.19 bits per heavy atom. The first-order valence-corrected chi connectivity index (χ1v) is 5.25. The SMILES string of the molecule is O=C1CC(O)C(=O)N1c1cc(Cl)cc(Cl)c1. The van der Waals surface area contributed by atoms with E-state index in [-0.39, 0.29) is 12.1 Å². The molecule has 1 aromatic carbocycles. The quantitative estimate of drug-likeness (QED) is 0.780. The number of aliphatic hydroxyl groups is 1. The van der Waals surface area contributed by atoms with E-state index in [0.29, 0.717) is 10.0 Å². The molecule has 0 spiro atoms. The molecule has 1 aliphatic rings. The fraction of sp³-hybridized carbons (Fsp3) is 0.200. The Labute approximate surface area is 101 Å². The number of halogens is 2. The Morgan fingerprint density at radius 2 is 1.75 bits per heavy atom. The van der Waals surface area contributed by atoms with Crippen molar-refractivity contribution in [3.8, 4) is 0 Å². The lowest BCUT2D eigenvalue weighted by Gasteiger charge is -2.14. The van der Waals surface area contributed by atoms with E-state index in [9.17, 15) is 14.7 Å². The van der Waals surface area contributed by atoms with Gasteiger partial charge in [-0.2, -0.15) is 0 Å². The molecule has 1 N–H and O–H groups in total. The molecule has 0 bridgehead atoms. The van der Waals surface area contributed by atoms with Crippen molar-refractivity contribution in [3.63, 3.8) is 0 Å². The number of hydrogen-bond acceptors (Lipinski definition) is 3. The topological polar surface area (TPSA) is 57.6 Å². The third-order valence-electron chi connectivity index (χ3n) is 2.23. The van der Waals surface area contributed by atoms with E-state index in [0.717, 1.165) is 4.90 Å². The van der Waals surface area contributed by atoms with Gasteiger partial charge in [0.2, 0.25) is 5.91 Å². The minimum absolute atomic E-state index is 0.205. The third-order valence-corrected chi connectivity index (χ3v) is 2.66. The van der Waals surface area contributed by atoms with E-state index >= 15 is 0 Å². The van der Waals surface area contributed by atoms with Gasteiger partial charge in [0, 0.05) is 10.0 Å². The van der Waals surface area contributed by atoms with Gasteiger partial charge in [0.25, 0.3) is 5.91 Å². The standard InChI is InChI=1S/C10H7Cl2NO3/c11-5-1-6(12)3-7(2-5)13-9(15)4-8(14)10(13)16/h1-3,8,14H,4H2. The van der Waals surface area contributed by atoms with Crippen molar-refractivity contribution in [3.05, 3.63) is 28.2 Å². The Balaban J connectivity index is 2.44. The van der Waals surface area contributed by atoms with E-state index in [1.807, 2.05) is 0 Å². The predicted molar refractivity (Wildman–Crippen MR) is 59.6 cm³/mol. The molecular weight excluding hydrogens is 253 g/mol. The van der Waals surface area contributed by atoms with Gasteiger partial charge in [-0.3, -0.25) is 9.59 Å². The van der Waals surface area contributed by atoms with Gasteiger partial charge in [-0.05, 0) is 18.2 Å². The van der Waals surface area contributed by atoms with Crippen molar-refractivity contribution in [1.29, 1.82) is 0 Å². The average Bonchev–Trinajstić information content (AvgIpc) is 2.39. The molecule has 2 rings (SSSR count). The van der Waals surface area contributed by atoms with Crippen LogP contribution in [0.15, 0.2) is 18.2 Å². The molecule has 0 aliphatic carbocycles. The fourth-order valence-corrected chi connectivity index (χ4v) is 2.07. The minimum atomic E-state index is -1.27. The molecule has 6 heteroatoms. The highest BCUT2D eigenvalue weighted by Crippen LogP contribution is 2.29. The van der Waals surface area contributed by atoms with Gasteiger partial charge >= 0.3 is 0 Å². The van der Waals surface area contributed by atoms with Crippen LogP contribution in [-0.2, 0) is 9.59 Å². The lowest BCUT2D eigenvalue weighted by molar-refractivity contribution is -0.124. The smallest absolute Gasteiger partial charge is 0.263 e. The molecule has 1 saturated heterocycles. The summed E-state index contributed by atoms with van der Waals surface area (Å²) in [5.74, 6) is -1.11. The zero-order chi connectivity index (χ0) is 11.9. The largest absolute Gasteiger partial charge is 0.383 e. The van der Waals surface area contributed by atoms with Crippen molar-refractivity contribution < 1.29 is 14.7 Å². The first kappa shape index (κ1) is 11.4. The maximum absolute atomic E-state index is 11.5. The molecule has 1 heterocycles. The first-order chi connectivity index (χ1) is 7.49. The molecule has 84 valence electrons. The zero-order valence-electron chi connectivity index (χ0n) is 7.98. The van der Waals surface area contributed by atoms with Gasteiger partial charge in [0.05, 0.1) is 12.1 Å². The van der Waals surface area contributed by atoms with Crippen molar-refractivity contribution in [2.75, 3.05) is 4.90 Å². The van der Waals surface area contributed by atoms with Crippen LogP contribution in [0.4, 0.5) is 5.69 Å².